The van der Waals surface area contributed by atoms with Gasteiger partial charge < -0.3 is 19.7 Å². The molecule has 1 aromatic heterocycles. The van der Waals surface area contributed by atoms with Gasteiger partial charge in [-0.25, -0.2) is 4.79 Å². The monoisotopic (exact) mass is 488 g/mol. The Morgan fingerprint density at radius 3 is 2.50 bits per heavy atom. The smallest absolute Gasteiger partial charge is 0.490 e. The van der Waals surface area contributed by atoms with Crippen molar-refractivity contribution in [3.05, 3.63) is 63.8 Å². The lowest BCUT2D eigenvalue weighted by Gasteiger charge is -2.17. The first-order valence-corrected chi connectivity index (χ1v) is 10.6. The Balaban J connectivity index is 0.000000360. The van der Waals surface area contributed by atoms with Crippen molar-refractivity contribution >= 4 is 40.1 Å². The third-order valence-corrected chi connectivity index (χ3v) is 5.52. The maximum atomic E-state index is 10.6. The lowest BCUT2D eigenvalue weighted by molar-refractivity contribution is -0.192. The van der Waals surface area contributed by atoms with E-state index in [0.29, 0.717) is 6.61 Å². The van der Waals surface area contributed by atoms with Crippen LogP contribution in [0.2, 0.25) is 10.0 Å². The number of aliphatic carboxylic acids is 1. The standard InChI is InChI=1S/C20H20Cl2N2O.C2HF3O2/c21-14-5-7-15(8-6-14)25-12-2-11-24-18-4-1-3-17(22)20(18)16-9-10-23-13-19(16)24;3-2(4,5)1(6)7/h1,3-8,23H,2,9-13H2;(H,6,7). The van der Waals surface area contributed by atoms with Crippen LogP contribution in [0, 0.1) is 0 Å². The van der Waals surface area contributed by atoms with Crippen LogP contribution in [0.25, 0.3) is 10.9 Å². The Bertz CT molecular complexity index is 1080. The fourth-order valence-corrected chi connectivity index (χ4v) is 3.99. The predicted molar refractivity (Wildman–Crippen MR) is 118 cm³/mol. The van der Waals surface area contributed by atoms with Crippen LogP contribution >= 0.6 is 23.2 Å². The quantitative estimate of drug-likeness (QED) is 0.452. The fraction of sp³-hybridized carbons (Fsp3) is 0.318. The zero-order valence-electron chi connectivity index (χ0n) is 16.9. The highest BCUT2D eigenvalue weighted by atomic mass is 35.5. The van der Waals surface area contributed by atoms with E-state index in [-0.39, 0.29) is 0 Å². The molecule has 0 radical (unpaired) electrons. The first-order chi connectivity index (χ1) is 15.2. The van der Waals surface area contributed by atoms with Gasteiger partial charge in [0.15, 0.2) is 0 Å². The van der Waals surface area contributed by atoms with Crippen LogP contribution in [0.5, 0.6) is 5.75 Å². The van der Waals surface area contributed by atoms with E-state index in [1.807, 2.05) is 36.4 Å². The molecule has 0 saturated heterocycles. The van der Waals surface area contributed by atoms with Crippen LogP contribution in [0.3, 0.4) is 0 Å². The molecule has 0 amide bonds. The van der Waals surface area contributed by atoms with Gasteiger partial charge in [-0.15, -0.1) is 0 Å². The van der Waals surface area contributed by atoms with Gasteiger partial charge in [0.05, 0.1) is 17.1 Å². The van der Waals surface area contributed by atoms with Crippen molar-refractivity contribution in [2.45, 2.75) is 32.1 Å². The van der Waals surface area contributed by atoms with Gasteiger partial charge in [0.25, 0.3) is 0 Å². The van der Waals surface area contributed by atoms with Crippen molar-refractivity contribution in [3.8, 4) is 5.75 Å². The summed E-state index contributed by atoms with van der Waals surface area (Å²) in [5.74, 6) is -1.90. The van der Waals surface area contributed by atoms with Gasteiger partial charge in [-0.05, 0) is 61.3 Å². The molecule has 1 aliphatic heterocycles. The molecule has 10 heteroatoms. The largest absolute Gasteiger partial charge is 0.494 e. The van der Waals surface area contributed by atoms with Gasteiger partial charge in [0, 0.05) is 29.2 Å². The van der Waals surface area contributed by atoms with E-state index >= 15 is 0 Å². The van der Waals surface area contributed by atoms with Crippen LogP contribution in [0.1, 0.15) is 17.7 Å². The van der Waals surface area contributed by atoms with Gasteiger partial charge in [0.2, 0.25) is 0 Å². The van der Waals surface area contributed by atoms with Crippen molar-refractivity contribution < 1.29 is 27.8 Å². The van der Waals surface area contributed by atoms with Crippen LogP contribution in [0.4, 0.5) is 13.2 Å². The maximum Gasteiger partial charge on any atom is 0.490 e. The molecule has 2 aromatic carbocycles. The molecule has 3 aromatic rings. The topological polar surface area (TPSA) is 63.5 Å². The Hall–Kier alpha value is -2.42. The lowest BCUT2D eigenvalue weighted by atomic mass is 10.0. The lowest BCUT2D eigenvalue weighted by Crippen LogP contribution is -2.25. The highest BCUT2D eigenvalue weighted by Crippen LogP contribution is 2.34. The summed E-state index contributed by atoms with van der Waals surface area (Å²) in [6.07, 6.45) is -3.12. The Morgan fingerprint density at radius 2 is 1.84 bits per heavy atom. The summed E-state index contributed by atoms with van der Waals surface area (Å²) in [6.45, 7) is 3.50. The molecule has 4 rings (SSSR count). The molecule has 0 spiro atoms. The minimum absolute atomic E-state index is 0.671. The SMILES string of the molecule is Clc1ccc(OCCCn2c3c(c4c(Cl)cccc42)CCNC3)cc1.O=C(O)C(F)(F)F. The van der Waals surface area contributed by atoms with Crippen molar-refractivity contribution in [2.75, 3.05) is 13.2 Å². The summed E-state index contributed by atoms with van der Waals surface area (Å²) >= 11 is 12.4. The number of ether oxygens (including phenoxy) is 1. The summed E-state index contributed by atoms with van der Waals surface area (Å²) in [4.78, 5) is 8.90. The van der Waals surface area contributed by atoms with E-state index < -0.39 is 12.1 Å². The van der Waals surface area contributed by atoms with Crippen LogP contribution in [0.15, 0.2) is 42.5 Å². The highest BCUT2D eigenvalue weighted by Gasteiger charge is 2.38. The predicted octanol–water partition coefficient (Wildman–Crippen LogP) is 5.70. The van der Waals surface area contributed by atoms with Crippen molar-refractivity contribution in [3.63, 3.8) is 0 Å². The summed E-state index contributed by atoms with van der Waals surface area (Å²) in [5.41, 5.74) is 3.99. The molecule has 0 aliphatic carbocycles. The third-order valence-electron chi connectivity index (χ3n) is 4.95. The zero-order chi connectivity index (χ0) is 23.3. The number of aromatic nitrogens is 1. The fourth-order valence-electron chi connectivity index (χ4n) is 3.58. The average Bonchev–Trinajstić information content (AvgIpc) is 3.07. The Morgan fingerprint density at radius 1 is 1.16 bits per heavy atom. The van der Waals surface area contributed by atoms with Crippen molar-refractivity contribution in [1.82, 2.24) is 9.88 Å². The van der Waals surface area contributed by atoms with E-state index in [4.69, 9.17) is 37.8 Å². The number of alkyl halides is 3. The molecule has 2 heterocycles. The average molecular weight is 489 g/mol. The van der Waals surface area contributed by atoms with Crippen LogP contribution in [-0.2, 0) is 24.3 Å². The Labute approximate surface area is 192 Å². The number of rotatable bonds is 5. The number of carboxylic acid groups (broad SMARTS) is 1. The van der Waals surface area contributed by atoms with E-state index in [0.717, 1.165) is 48.3 Å². The number of halogens is 5. The molecule has 2 N–H and O–H groups in total. The molecule has 0 atom stereocenters. The van der Waals surface area contributed by atoms with E-state index in [1.165, 1.54) is 22.2 Å². The second-order valence-corrected chi connectivity index (χ2v) is 7.94. The number of fused-ring (bicyclic) bond motifs is 3. The number of hydrogen-bond donors (Lipinski definition) is 2. The van der Waals surface area contributed by atoms with Crippen molar-refractivity contribution in [2.24, 2.45) is 0 Å². The summed E-state index contributed by atoms with van der Waals surface area (Å²) in [7, 11) is 0. The molecular formula is C22H21Cl2F3N2O3. The van der Waals surface area contributed by atoms with E-state index in [9.17, 15) is 13.2 Å². The number of benzene rings is 2. The first kappa shape index (κ1) is 24.2. The first-order valence-electron chi connectivity index (χ1n) is 9.86. The Kier molecular flexibility index (Phi) is 7.92. The minimum atomic E-state index is -5.08. The normalized spacial score (nSPS) is 13.3. The number of hydrogen-bond acceptors (Lipinski definition) is 3. The van der Waals surface area contributed by atoms with Gasteiger partial charge in [0.1, 0.15) is 5.75 Å². The number of carboxylic acids is 1. The molecule has 0 bridgehead atoms. The molecular weight excluding hydrogens is 468 g/mol. The molecule has 0 saturated carbocycles. The molecule has 32 heavy (non-hydrogen) atoms. The van der Waals surface area contributed by atoms with Gasteiger partial charge >= 0.3 is 12.1 Å². The van der Waals surface area contributed by atoms with Gasteiger partial charge in [-0.3, -0.25) is 0 Å². The maximum absolute atomic E-state index is 10.6. The van der Waals surface area contributed by atoms with Crippen LogP contribution in [-0.4, -0.2) is 35.0 Å². The van der Waals surface area contributed by atoms with E-state index in [2.05, 4.69) is 16.0 Å². The molecule has 0 fully saturated rings. The minimum Gasteiger partial charge on any atom is -0.494 e. The number of nitrogens with one attached hydrogen (secondary N) is 1. The van der Waals surface area contributed by atoms with Crippen LogP contribution < -0.4 is 10.1 Å². The van der Waals surface area contributed by atoms with E-state index in [1.54, 1.807) is 0 Å². The second kappa shape index (κ2) is 10.5. The van der Waals surface area contributed by atoms with Gasteiger partial charge in [-0.2, -0.15) is 13.2 Å². The summed E-state index contributed by atoms with van der Waals surface area (Å²) in [6, 6.07) is 13.7. The summed E-state index contributed by atoms with van der Waals surface area (Å²) < 4.78 is 40.0. The molecule has 5 nitrogen and oxygen atoms in total. The van der Waals surface area contributed by atoms with Crippen molar-refractivity contribution in [1.29, 1.82) is 0 Å². The molecule has 0 unspecified atom stereocenters. The zero-order valence-corrected chi connectivity index (χ0v) is 18.4. The molecule has 1 aliphatic rings. The molecule has 172 valence electrons. The number of aryl methyl sites for hydroxylation is 1. The second-order valence-electron chi connectivity index (χ2n) is 7.10. The number of carbonyl (C=O) groups is 1. The summed E-state index contributed by atoms with van der Waals surface area (Å²) in [5, 5.41) is 13.4. The highest BCUT2D eigenvalue weighted by molar-refractivity contribution is 6.35. The third kappa shape index (κ3) is 5.88. The number of nitrogens with zero attached hydrogens (tertiary/aromatic N) is 1. The van der Waals surface area contributed by atoms with Gasteiger partial charge in [-0.1, -0.05) is 29.3 Å².